The number of nitrogens with zero attached hydrogens (tertiary/aromatic N) is 4. The molecule has 0 saturated heterocycles. The van der Waals surface area contributed by atoms with E-state index in [2.05, 4.69) is 36.8 Å². The largest absolute Gasteiger partial charge is 0.318 e. The van der Waals surface area contributed by atoms with E-state index < -0.39 is 0 Å². The molecule has 0 unspecified atom stereocenters. The number of aromatic nitrogens is 4. The summed E-state index contributed by atoms with van der Waals surface area (Å²) in [6.07, 6.45) is 0. The van der Waals surface area contributed by atoms with E-state index >= 15 is 0 Å². The lowest BCUT2D eigenvalue weighted by Crippen LogP contribution is -2.16. The fraction of sp³-hybridized carbons (Fsp3) is 0.364. The monoisotopic (exact) mass is 345 g/mol. The average Bonchev–Trinajstić information content (AvgIpc) is 2.85. The Labute approximate surface area is 123 Å². The van der Waals surface area contributed by atoms with Crippen LogP contribution >= 0.6 is 27.7 Å². The quantitative estimate of drug-likeness (QED) is 0.812. The van der Waals surface area contributed by atoms with Crippen molar-refractivity contribution in [3.8, 4) is 0 Å². The summed E-state index contributed by atoms with van der Waals surface area (Å²) >= 11 is 4.75. The predicted octanol–water partition coefficient (Wildman–Crippen LogP) is 2.09. The van der Waals surface area contributed by atoms with Crippen molar-refractivity contribution in [2.45, 2.75) is 17.5 Å². The van der Waals surface area contributed by atoms with Crippen molar-refractivity contribution in [3.63, 3.8) is 0 Å². The summed E-state index contributed by atoms with van der Waals surface area (Å²) in [5.41, 5.74) is 0.627. The summed E-state index contributed by atoms with van der Waals surface area (Å²) in [5.74, 6) is 0.274. The van der Waals surface area contributed by atoms with E-state index in [0.717, 1.165) is 11.0 Å². The van der Waals surface area contributed by atoms with Gasteiger partial charge in [-0.1, -0.05) is 27.7 Å². The Morgan fingerprint density at radius 2 is 2.32 bits per heavy atom. The Bertz CT molecular complexity index is 548. The van der Waals surface area contributed by atoms with Crippen molar-refractivity contribution in [2.24, 2.45) is 0 Å². The molecule has 1 heterocycles. The molecule has 2 aromatic rings. The Hall–Kier alpha value is -0.990. The van der Waals surface area contributed by atoms with E-state index in [9.17, 15) is 4.39 Å². The molecule has 8 heteroatoms. The van der Waals surface area contributed by atoms with Crippen LogP contribution < -0.4 is 5.32 Å². The Kier molecular flexibility index (Phi) is 5.29. The maximum Gasteiger partial charge on any atom is 0.209 e. The van der Waals surface area contributed by atoms with Crippen LogP contribution in [-0.4, -0.2) is 33.8 Å². The summed E-state index contributed by atoms with van der Waals surface area (Å²) < 4.78 is 16.2. The molecule has 1 aromatic carbocycles. The Morgan fingerprint density at radius 3 is 3.11 bits per heavy atom. The number of hydrogen-bond acceptors (Lipinski definition) is 5. The molecule has 102 valence electrons. The lowest BCUT2D eigenvalue weighted by molar-refractivity contribution is 0.530. The number of halogens is 2. The molecule has 5 nitrogen and oxygen atoms in total. The highest BCUT2D eigenvalue weighted by Gasteiger charge is 2.09. The van der Waals surface area contributed by atoms with E-state index in [4.69, 9.17) is 0 Å². The van der Waals surface area contributed by atoms with Crippen LogP contribution in [0.25, 0.3) is 0 Å². The predicted molar refractivity (Wildman–Crippen MR) is 75.4 cm³/mol. The molecule has 1 aromatic heterocycles. The molecular formula is C11H13BrFN5S. The molecule has 0 saturated carbocycles. The highest BCUT2D eigenvalue weighted by molar-refractivity contribution is 9.10. The first kappa shape index (κ1) is 14.4. The first-order valence-electron chi connectivity index (χ1n) is 5.68. The first-order chi connectivity index (χ1) is 9.20. The lowest BCUT2D eigenvalue weighted by Gasteiger charge is -2.05. The first-order valence-corrected chi connectivity index (χ1v) is 7.46. The van der Waals surface area contributed by atoms with Gasteiger partial charge < -0.3 is 5.32 Å². The second-order valence-corrected chi connectivity index (χ2v) is 5.67. The SMILES string of the molecule is CNCCn1nnnc1SCc1cc(Br)ccc1F. The molecule has 0 atom stereocenters. The van der Waals surface area contributed by atoms with Gasteiger partial charge in [0.1, 0.15) is 5.82 Å². The second-order valence-electron chi connectivity index (χ2n) is 3.81. The van der Waals surface area contributed by atoms with Gasteiger partial charge in [-0.15, -0.1) is 5.10 Å². The fourth-order valence-electron chi connectivity index (χ4n) is 1.45. The third-order valence-corrected chi connectivity index (χ3v) is 3.94. The van der Waals surface area contributed by atoms with Crippen LogP contribution in [-0.2, 0) is 12.3 Å². The van der Waals surface area contributed by atoms with Crippen LogP contribution in [0.15, 0.2) is 27.8 Å². The molecule has 0 aliphatic carbocycles. The van der Waals surface area contributed by atoms with E-state index in [0.29, 0.717) is 23.0 Å². The van der Waals surface area contributed by atoms with Gasteiger partial charge in [-0.3, -0.25) is 0 Å². The van der Waals surface area contributed by atoms with Crippen molar-refractivity contribution in [2.75, 3.05) is 13.6 Å². The van der Waals surface area contributed by atoms with Gasteiger partial charge in [-0.25, -0.2) is 9.07 Å². The average molecular weight is 346 g/mol. The number of nitrogens with one attached hydrogen (secondary N) is 1. The maximum absolute atomic E-state index is 13.6. The zero-order valence-corrected chi connectivity index (χ0v) is 12.7. The minimum Gasteiger partial charge on any atom is -0.318 e. The van der Waals surface area contributed by atoms with Crippen LogP contribution in [0.5, 0.6) is 0 Å². The van der Waals surface area contributed by atoms with Gasteiger partial charge >= 0.3 is 0 Å². The van der Waals surface area contributed by atoms with Gasteiger partial charge in [-0.05, 0) is 41.2 Å². The summed E-state index contributed by atoms with van der Waals surface area (Å²) in [5, 5.41) is 15.2. The number of benzene rings is 1. The molecule has 0 radical (unpaired) electrons. The number of rotatable bonds is 6. The molecule has 0 aliphatic rings. The van der Waals surface area contributed by atoms with E-state index in [1.54, 1.807) is 16.8 Å². The van der Waals surface area contributed by atoms with Gasteiger partial charge in [0.25, 0.3) is 0 Å². The molecule has 0 bridgehead atoms. The van der Waals surface area contributed by atoms with E-state index in [1.165, 1.54) is 17.8 Å². The van der Waals surface area contributed by atoms with Gasteiger partial charge in [0, 0.05) is 16.8 Å². The third-order valence-electron chi connectivity index (χ3n) is 2.44. The van der Waals surface area contributed by atoms with E-state index in [1.807, 2.05) is 7.05 Å². The zero-order valence-electron chi connectivity index (χ0n) is 10.3. The van der Waals surface area contributed by atoms with Crippen LogP contribution in [0.1, 0.15) is 5.56 Å². The van der Waals surface area contributed by atoms with Crippen LogP contribution in [0.2, 0.25) is 0 Å². The summed E-state index contributed by atoms with van der Waals surface area (Å²) in [6.45, 7) is 1.47. The Balaban J connectivity index is 2.02. The van der Waals surface area contributed by atoms with Crippen LogP contribution in [0, 0.1) is 5.82 Å². The molecular weight excluding hydrogens is 333 g/mol. The molecule has 1 N–H and O–H groups in total. The van der Waals surface area contributed by atoms with Crippen molar-refractivity contribution in [1.29, 1.82) is 0 Å². The Morgan fingerprint density at radius 1 is 1.47 bits per heavy atom. The molecule has 2 rings (SSSR count). The number of thioether (sulfide) groups is 1. The standard InChI is InChI=1S/C11H13BrFN5S/c1-14-4-5-18-11(15-16-17-18)19-7-8-6-9(12)2-3-10(8)13/h2-3,6,14H,4-5,7H2,1H3. The number of likely N-dealkylation sites (N-methyl/N-ethyl adjacent to an activating group) is 1. The lowest BCUT2D eigenvalue weighted by atomic mass is 10.2. The van der Waals surface area contributed by atoms with Crippen LogP contribution in [0.4, 0.5) is 4.39 Å². The van der Waals surface area contributed by atoms with Gasteiger partial charge in [0.15, 0.2) is 0 Å². The molecule has 0 amide bonds. The van der Waals surface area contributed by atoms with Crippen molar-refractivity contribution in [1.82, 2.24) is 25.5 Å². The second kappa shape index (κ2) is 6.97. The molecule has 0 aliphatic heterocycles. The molecule has 0 fully saturated rings. The van der Waals surface area contributed by atoms with Crippen molar-refractivity contribution in [3.05, 3.63) is 34.1 Å². The zero-order chi connectivity index (χ0) is 13.7. The van der Waals surface area contributed by atoms with Crippen molar-refractivity contribution < 1.29 is 4.39 Å². The number of hydrogen-bond donors (Lipinski definition) is 1. The van der Waals surface area contributed by atoms with Gasteiger partial charge in [0.2, 0.25) is 5.16 Å². The summed E-state index contributed by atoms with van der Waals surface area (Å²) in [6, 6.07) is 4.90. The van der Waals surface area contributed by atoms with E-state index in [-0.39, 0.29) is 5.82 Å². The molecule has 19 heavy (non-hydrogen) atoms. The minimum absolute atomic E-state index is 0.218. The van der Waals surface area contributed by atoms with Gasteiger partial charge in [0.05, 0.1) is 6.54 Å². The third kappa shape index (κ3) is 3.99. The smallest absolute Gasteiger partial charge is 0.209 e. The number of tetrazole rings is 1. The minimum atomic E-state index is -0.218. The summed E-state index contributed by atoms with van der Waals surface area (Å²) in [4.78, 5) is 0. The maximum atomic E-state index is 13.6. The topological polar surface area (TPSA) is 55.6 Å². The fourth-order valence-corrected chi connectivity index (χ4v) is 2.74. The van der Waals surface area contributed by atoms with Crippen LogP contribution in [0.3, 0.4) is 0 Å². The highest BCUT2D eigenvalue weighted by Crippen LogP contribution is 2.24. The normalized spacial score (nSPS) is 10.9. The highest BCUT2D eigenvalue weighted by atomic mass is 79.9. The molecule has 0 spiro atoms. The van der Waals surface area contributed by atoms with Crippen molar-refractivity contribution >= 4 is 27.7 Å². The van der Waals surface area contributed by atoms with Gasteiger partial charge in [-0.2, -0.15) is 0 Å². The summed E-state index contributed by atoms with van der Waals surface area (Å²) in [7, 11) is 1.87.